The summed E-state index contributed by atoms with van der Waals surface area (Å²) >= 11 is 0. The van der Waals surface area contributed by atoms with E-state index in [0.717, 1.165) is 11.4 Å². The van der Waals surface area contributed by atoms with Gasteiger partial charge in [0.1, 0.15) is 6.04 Å². The number of carbonyl (C=O) groups excluding carboxylic acids is 1. The fourth-order valence-corrected chi connectivity index (χ4v) is 3.32. The van der Waals surface area contributed by atoms with Crippen LogP contribution < -0.4 is 4.72 Å². The number of esters is 1. The van der Waals surface area contributed by atoms with Crippen LogP contribution in [0.1, 0.15) is 19.8 Å². The predicted molar refractivity (Wildman–Crippen MR) is 65.5 cm³/mol. The molecule has 0 amide bonds. The molecule has 8 nitrogen and oxygen atoms in total. The number of ether oxygens (including phenoxy) is 1. The molecule has 1 rings (SSSR count). The summed E-state index contributed by atoms with van der Waals surface area (Å²) in [4.78, 5) is 22.1. The number of piperidine rings is 1. The van der Waals surface area contributed by atoms with E-state index in [1.807, 2.05) is 0 Å². The third kappa shape index (κ3) is 4.15. The summed E-state index contributed by atoms with van der Waals surface area (Å²) in [6.07, 6.45) is 0.929. The second-order valence-electron chi connectivity index (χ2n) is 4.40. The van der Waals surface area contributed by atoms with Crippen molar-refractivity contribution >= 4 is 22.1 Å². The number of rotatable bonds is 5. The van der Waals surface area contributed by atoms with E-state index >= 15 is 0 Å². The van der Waals surface area contributed by atoms with Crippen molar-refractivity contribution < 1.29 is 27.9 Å². The molecule has 0 radical (unpaired) electrons. The third-order valence-electron chi connectivity index (χ3n) is 2.95. The Kier molecular flexibility index (Phi) is 5.27. The van der Waals surface area contributed by atoms with Gasteiger partial charge in [0, 0.05) is 13.1 Å². The first-order valence-electron chi connectivity index (χ1n) is 5.86. The first-order chi connectivity index (χ1) is 8.77. The van der Waals surface area contributed by atoms with Crippen LogP contribution >= 0.6 is 0 Å². The van der Waals surface area contributed by atoms with Crippen molar-refractivity contribution in [2.24, 2.45) is 5.92 Å². The van der Waals surface area contributed by atoms with Crippen molar-refractivity contribution in [1.29, 1.82) is 0 Å². The molecule has 0 spiro atoms. The first kappa shape index (κ1) is 15.9. The van der Waals surface area contributed by atoms with Crippen LogP contribution in [0.3, 0.4) is 0 Å². The molecule has 2 unspecified atom stereocenters. The quantitative estimate of drug-likeness (QED) is 0.640. The van der Waals surface area contributed by atoms with Gasteiger partial charge in [-0.25, -0.2) is 0 Å². The highest BCUT2D eigenvalue weighted by Gasteiger charge is 2.33. The molecule has 110 valence electrons. The zero-order chi connectivity index (χ0) is 14.6. The molecule has 2 N–H and O–H groups in total. The Hall–Kier alpha value is -1.19. The molecule has 1 aliphatic heterocycles. The Balaban J connectivity index is 2.71. The van der Waals surface area contributed by atoms with Gasteiger partial charge in [-0.2, -0.15) is 17.4 Å². The van der Waals surface area contributed by atoms with Crippen molar-refractivity contribution in [1.82, 2.24) is 9.03 Å². The molecular weight excluding hydrogens is 276 g/mol. The molecule has 0 aromatic carbocycles. The minimum Gasteiger partial charge on any atom is -0.481 e. The van der Waals surface area contributed by atoms with Crippen molar-refractivity contribution in [2.75, 3.05) is 20.2 Å². The average molecular weight is 294 g/mol. The van der Waals surface area contributed by atoms with E-state index in [1.165, 1.54) is 6.92 Å². The summed E-state index contributed by atoms with van der Waals surface area (Å²) in [7, 11) is -2.72. The number of carboxylic acid groups (broad SMARTS) is 1. The van der Waals surface area contributed by atoms with E-state index in [9.17, 15) is 18.0 Å². The molecule has 9 heteroatoms. The molecule has 1 heterocycles. The summed E-state index contributed by atoms with van der Waals surface area (Å²) in [6.45, 7) is 1.52. The smallest absolute Gasteiger partial charge is 0.323 e. The minimum absolute atomic E-state index is 0.0848. The van der Waals surface area contributed by atoms with E-state index in [1.54, 1.807) is 0 Å². The number of nitrogens with zero attached hydrogens (tertiary/aromatic N) is 1. The van der Waals surface area contributed by atoms with Crippen LogP contribution in [-0.4, -0.2) is 56.0 Å². The summed E-state index contributed by atoms with van der Waals surface area (Å²) in [6, 6.07) is -1.01. The maximum Gasteiger partial charge on any atom is 0.323 e. The van der Waals surface area contributed by atoms with Crippen LogP contribution in [0.15, 0.2) is 0 Å². The second-order valence-corrected chi connectivity index (χ2v) is 6.11. The fourth-order valence-electron chi connectivity index (χ4n) is 1.89. The lowest BCUT2D eigenvalue weighted by Gasteiger charge is -2.30. The Morgan fingerprint density at radius 1 is 1.47 bits per heavy atom. The maximum absolute atomic E-state index is 12.0. The lowest BCUT2D eigenvalue weighted by atomic mass is 10.0. The molecular formula is C10H18N2O6S. The van der Waals surface area contributed by atoms with Crippen molar-refractivity contribution in [2.45, 2.75) is 25.8 Å². The largest absolute Gasteiger partial charge is 0.481 e. The number of carbonyl (C=O) groups is 2. The van der Waals surface area contributed by atoms with Crippen LogP contribution in [0.5, 0.6) is 0 Å². The van der Waals surface area contributed by atoms with E-state index in [-0.39, 0.29) is 13.1 Å². The molecule has 0 bridgehead atoms. The Morgan fingerprint density at radius 2 is 2.11 bits per heavy atom. The zero-order valence-electron chi connectivity index (χ0n) is 10.8. The van der Waals surface area contributed by atoms with Crippen LogP contribution in [0.25, 0.3) is 0 Å². The van der Waals surface area contributed by atoms with Gasteiger partial charge in [-0.1, -0.05) is 0 Å². The van der Waals surface area contributed by atoms with E-state index in [0.29, 0.717) is 12.8 Å². The van der Waals surface area contributed by atoms with Gasteiger partial charge in [0.25, 0.3) is 10.2 Å². The molecule has 0 saturated carbocycles. The molecule has 19 heavy (non-hydrogen) atoms. The summed E-state index contributed by atoms with van der Waals surface area (Å²) < 4.78 is 31.6. The Morgan fingerprint density at radius 3 is 2.63 bits per heavy atom. The number of aliphatic carboxylic acids is 1. The van der Waals surface area contributed by atoms with Gasteiger partial charge in [-0.05, 0) is 19.8 Å². The number of hydrogen-bond donors (Lipinski definition) is 2. The molecule has 0 aromatic heterocycles. The number of hydrogen-bond acceptors (Lipinski definition) is 5. The van der Waals surface area contributed by atoms with Gasteiger partial charge in [-0.15, -0.1) is 0 Å². The monoisotopic (exact) mass is 294 g/mol. The zero-order valence-corrected chi connectivity index (χ0v) is 11.6. The summed E-state index contributed by atoms with van der Waals surface area (Å²) in [5, 5.41) is 8.91. The van der Waals surface area contributed by atoms with E-state index in [4.69, 9.17) is 5.11 Å². The van der Waals surface area contributed by atoms with Gasteiger partial charge >= 0.3 is 11.9 Å². The van der Waals surface area contributed by atoms with Crippen LogP contribution in [0, 0.1) is 5.92 Å². The van der Waals surface area contributed by atoms with Crippen LogP contribution in [-0.2, 0) is 24.5 Å². The van der Waals surface area contributed by atoms with Gasteiger partial charge in [0.05, 0.1) is 13.0 Å². The third-order valence-corrected chi connectivity index (χ3v) is 4.62. The average Bonchev–Trinajstić information content (AvgIpc) is 2.37. The Labute approximate surface area is 111 Å². The predicted octanol–water partition coefficient (Wildman–Crippen LogP) is -0.821. The molecule has 1 aliphatic rings. The minimum atomic E-state index is -3.88. The van der Waals surface area contributed by atoms with E-state index < -0.39 is 34.1 Å². The van der Waals surface area contributed by atoms with E-state index in [2.05, 4.69) is 9.46 Å². The number of nitrogens with one attached hydrogen (secondary N) is 1. The summed E-state index contributed by atoms with van der Waals surface area (Å²) in [5.74, 6) is -2.42. The topological polar surface area (TPSA) is 113 Å². The highest BCUT2D eigenvalue weighted by molar-refractivity contribution is 7.87. The summed E-state index contributed by atoms with van der Waals surface area (Å²) in [5.41, 5.74) is 0. The maximum atomic E-state index is 12.0. The number of carboxylic acids is 1. The lowest BCUT2D eigenvalue weighted by Crippen LogP contribution is -2.51. The highest BCUT2D eigenvalue weighted by Crippen LogP contribution is 2.18. The van der Waals surface area contributed by atoms with Crippen molar-refractivity contribution in [3.63, 3.8) is 0 Å². The molecule has 0 aromatic rings. The molecule has 0 aliphatic carbocycles. The standard InChI is InChI=1S/C10H18N2O6S/c1-7(10(15)18-2)11-19(16,17)12-5-3-4-8(6-12)9(13)14/h7-8,11H,3-6H2,1-2H3,(H,13,14). The van der Waals surface area contributed by atoms with Crippen LogP contribution in [0.2, 0.25) is 0 Å². The van der Waals surface area contributed by atoms with Crippen molar-refractivity contribution in [3.05, 3.63) is 0 Å². The first-order valence-corrected chi connectivity index (χ1v) is 7.30. The SMILES string of the molecule is COC(=O)C(C)NS(=O)(=O)N1CCCC(C(=O)O)C1. The van der Waals surface area contributed by atoms with Gasteiger partial charge < -0.3 is 9.84 Å². The van der Waals surface area contributed by atoms with Crippen molar-refractivity contribution in [3.8, 4) is 0 Å². The highest BCUT2D eigenvalue weighted by atomic mass is 32.2. The molecule has 1 fully saturated rings. The Bertz CT molecular complexity index is 449. The molecule has 1 saturated heterocycles. The lowest BCUT2D eigenvalue weighted by molar-refractivity contribution is -0.143. The van der Waals surface area contributed by atoms with Crippen LogP contribution in [0.4, 0.5) is 0 Å². The van der Waals surface area contributed by atoms with Gasteiger partial charge in [0.2, 0.25) is 0 Å². The van der Waals surface area contributed by atoms with Gasteiger partial charge in [-0.3, -0.25) is 9.59 Å². The number of methoxy groups -OCH3 is 1. The second kappa shape index (κ2) is 6.31. The van der Waals surface area contributed by atoms with Gasteiger partial charge in [0.15, 0.2) is 0 Å². The fraction of sp³-hybridized carbons (Fsp3) is 0.800. The molecule has 2 atom stereocenters. The normalized spacial score (nSPS) is 22.7.